The number of hydrogen-bond donors (Lipinski definition) is 6. The molecule has 18 nitrogen and oxygen atoms in total. The van der Waals surface area contributed by atoms with Crippen molar-refractivity contribution in [3.05, 3.63) is 76.3 Å². The van der Waals surface area contributed by atoms with Gasteiger partial charge in [0.15, 0.2) is 17.4 Å². The number of carbonyl (C=O) groups excluding carboxylic acids is 2. The Morgan fingerprint density at radius 2 is 1.77 bits per heavy atom. The number of anilines is 1. The van der Waals surface area contributed by atoms with E-state index in [2.05, 4.69) is 20.3 Å². The Morgan fingerprint density at radius 1 is 1.11 bits per heavy atom. The number of likely N-dealkylation sites (tertiary alicyclic amines) is 1. The maximum absolute atomic E-state index is 13.8. The highest BCUT2D eigenvalue weighted by molar-refractivity contribution is 7.53. The molecule has 1 aliphatic carbocycles. The fourth-order valence-electron chi connectivity index (χ4n) is 7.08. The molecule has 2 aromatic heterocycles. The van der Waals surface area contributed by atoms with Gasteiger partial charge in [0, 0.05) is 18.4 Å². The number of carboxylic acids is 1. The maximum Gasteiger partial charge on any atom is 0.410 e. The third-order valence-corrected chi connectivity index (χ3v) is 11.7. The van der Waals surface area contributed by atoms with Crippen LogP contribution in [0.15, 0.2) is 59.7 Å². The number of amides is 2. The molecule has 2 aliphatic heterocycles. The Balaban J connectivity index is 1.06. The van der Waals surface area contributed by atoms with Crippen LogP contribution in [0.1, 0.15) is 43.5 Å². The number of nitrogens with zero attached hydrogens (tertiary/aromatic N) is 4. The lowest BCUT2D eigenvalue weighted by Gasteiger charge is -2.26. The van der Waals surface area contributed by atoms with E-state index in [0.29, 0.717) is 0 Å². The van der Waals surface area contributed by atoms with Crippen LogP contribution in [0.5, 0.6) is 0 Å². The molecule has 0 spiro atoms. The Hall–Kier alpha value is -4.97. The minimum absolute atomic E-state index is 0.103. The van der Waals surface area contributed by atoms with Crippen LogP contribution in [0.2, 0.25) is 0 Å². The van der Waals surface area contributed by atoms with Gasteiger partial charge in [-0.2, -0.15) is 4.98 Å². The number of nitrogens with one attached hydrogen (secondary N) is 2. The molecule has 280 valence electrons. The lowest BCUT2D eigenvalue weighted by molar-refractivity contribution is -0.141. The fraction of sp³-hybridized carbons (Fsp3) is 0.412. The Morgan fingerprint density at radius 3 is 2.40 bits per heavy atom. The van der Waals surface area contributed by atoms with Gasteiger partial charge in [0.25, 0.3) is 5.56 Å². The van der Waals surface area contributed by atoms with Crippen LogP contribution in [-0.2, 0) is 28.2 Å². The molecule has 0 radical (unpaired) electrons. The number of hydrogen-bond acceptors (Lipinski definition) is 12. The van der Waals surface area contributed by atoms with E-state index in [1.165, 1.54) is 0 Å². The summed E-state index contributed by atoms with van der Waals surface area (Å²) in [6, 6.07) is 13.9. The number of carbonyl (C=O) groups is 3. The lowest BCUT2D eigenvalue weighted by Crippen LogP contribution is -2.41. The second-order valence-electron chi connectivity index (χ2n) is 13.5. The van der Waals surface area contributed by atoms with Gasteiger partial charge in [-0.3, -0.25) is 38.4 Å². The summed E-state index contributed by atoms with van der Waals surface area (Å²) in [4.78, 5) is 73.3. The summed E-state index contributed by atoms with van der Waals surface area (Å²) in [7, 11) is -4.86. The number of aliphatic carboxylic acids is 1. The molecule has 1 unspecified atom stereocenters. The SMILES string of the molecule is CC(C)C(=O)Nc1nc2c(ncn2[C@@H]2O[C@H](CO)[C@@H](OP(=O)(O)[C@H]3C[C@H](C(=O)O)N(C(=O)OCC4c5ccccc5-c5ccccc54)C3)[C@H]2O)c(=O)[nH]1. The number of aromatic nitrogens is 4. The van der Waals surface area contributed by atoms with Crippen molar-refractivity contribution in [1.82, 2.24) is 24.4 Å². The second-order valence-corrected chi connectivity index (χ2v) is 15.5. The van der Waals surface area contributed by atoms with Crippen LogP contribution in [0, 0.1) is 5.92 Å². The molecule has 7 rings (SSSR count). The van der Waals surface area contributed by atoms with Gasteiger partial charge in [0.05, 0.1) is 18.6 Å². The highest BCUT2D eigenvalue weighted by atomic mass is 31.2. The first kappa shape index (κ1) is 36.4. The molecule has 7 atom stereocenters. The van der Waals surface area contributed by atoms with Crippen LogP contribution in [0.25, 0.3) is 22.3 Å². The summed E-state index contributed by atoms with van der Waals surface area (Å²) >= 11 is 0. The summed E-state index contributed by atoms with van der Waals surface area (Å²) in [5, 5.41) is 33.9. The smallest absolute Gasteiger partial charge is 0.410 e. The van der Waals surface area contributed by atoms with E-state index < -0.39 is 92.9 Å². The van der Waals surface area contributed by atoms with E-state index in [1.54, 1.807) is 13.8 Å². The Kier molecular flexibility index (Phi) is 9.69. The molecule has 0 bridgehead atoms. The van der Waals surface area contributed by atoms with Crippen LogP contribution in [-0.4, -0.2) is 112 Å². The molecule has 2 aromatic carbocycles. The van der Waals surface area contributed by atoms with Gasteiger partial charge < -0.3 is 29.7 Å². The fourth-order valence-corrected chi connectivity index (χ4v) is 8.71. The standard InChI is InChI=1S/C34H37N6O12P/c1-16(2)29(43)37-33-36-28-25(30(44)38-33)35-15-40(28)31-26(42)27(24(13-41)51-31)52-53(48,49)17-11-23(32(45)46)39(12-17)34(47)50-14-22-20-9-5-3-7-18(20)19-8-4-6-10-21(19)22/h3-10,15-17,22-24,26-27,31,41-42H,11-14H2,1-2H3,(H,45,46)(H,48,49)(H2,36,37,38,43,44)/t17-,23+,24+,26+,27+,31+/m0/s1. The number of H-pyrrole nitrogens is 1. The van der Waals surface area contributed by atoms with Crippen molar-refractivity contribution in [2.45, 2.75) is 62.4 Å². The topological polar surface area (TPSA) is 256 Å². The minimum Gasteiger partial charge on any atom is -0.480 e. The molecular weight excluding hydrogens is 715 g/mol. The van der Waals surface area contributed by atoms with Crippen molar-refractivity contribution in [3.8, 4) is 11.1 Å². The van der Waals surface area contributed by atoms with Gasteiger partial charge >= 0.3 is 19.7 Å². The molecule has 4 aromatic rings. The number of ether oxygens (including phenoxy) is 2. The van der Waals surface area contributed by atoms with Gasteiger partial charge in [0.2, 0.25) is 11.9 Å². The van der Waals surface area contributed by atoms with E-state index in [9.17, 15) is 44.0 Å². The highest BCUT2D eigenvalue weighted by Crippen LogP contribution is 2.55. The van der Waals surface area contributed by atoms with E-state index in [4.69, 9.17) is 14.0 Å². The van der Waals surface area contributed by atoms with Crippen molar-refractivity contribution in [2.75, 3.05) is 25.1 Å². The molecule has 2 saturated heterocycles. The summed E-state index contributed by atoms with van der Waals surface area (Å²) < 4.78 is 32.0. The number of fused-ring (bicyclic) bond motifs is 4. The van der Waals surface area contributed by atoms with Crippen LogP contribution in [0.3, 0.4) is 0 Å². The quantitative estimate of drug-likeness (QED) is 0.127. The summed E-state index contributed by atoms with van der Waals surface area (Å²) in [6.45, 7) is 1.89. The van der Waals surface area contributed by atoms with Gasteiger partial charge in [-0.15, -0.1) is 0 Å². The number of aromatic amines is 1. The molecule has 2 fully saturated rings. The average Bonchev–Trinajstić information content (AvgIpc) is 3.90. The summed E-state index contributed by atoms with van der Waals surface area (Å²) in [5.74, 6) is -2.79. The van der Waals surface area contributed by atoms with Gasteiger partial charge in [0.1, 0.15) is 31.0 Å². The molecule has 6 N–H and O–H groups in total. The number of rotatable bonds is 10. The van der Waals surface area contributed by atoms with E-state index in [1.807, 2.05) is 48.5 Å². The van der Waals surface area contributed by atoms with Crippen LogP contribution >= 0.6 is 7.60 Å². The van der Waals surface area contributed by atoms with Crippen molar-refractivity contribution in [3.63, 3.8) is 0 Å². The zero-order valence-corrected chi connectivity index (χ0v) is 29.3. The first-order valence-electron chi connectivity index (χ1n) is 16.9. The molecule has 4 heterocycles. The third-order valence-electron chi connectivity index (χ3n) is 9.83. The number of carboxylic acid groups (broad SMARTS) is 1. The van der Waals surface area contributed by atoms with Gasteiger partial charge in [-0.1, -0.05) is 62.4 Å². The zero-order valence-electron chi connectivity index (χ0n) is 28.4. The lowest BCUT2D eigenvalue weighted by atomic mass is 9.98. The highest BCUT2D eigenvalue weighted by Gasteiger charge is 2.53. The first-order valence-corrected chi connectivity index (χ1v) is 18.5. The summed E-state index contributed by atoms with van der Waals surface area (Å²) in [5.41, 5.74) is 1.50. The van der Waals surface area contributed by atoms with Crippen molar-refractivity contribution in [1.29, 1.82) is 0 Å². The summed E-state index contributed by atoms with van der Waals surface area (Å²) in [6.07, 6.45) is -6.50. The van der Waals surface area contributed by atoms with Crippen LogP contribution < -0.4 is 10.9 Å². The van der Waals surface area contributed by atoms with Gasteiger partial charge in [-0.05, 0) is 28.7 Å². The minimum atomic E-state index is -4.86. The van der Waals surface area contributed by atoms with Crippen molar-refractivity contribution in [2.24, 2.45) is 5.92 Å². The number of benzene rings is 2. The number of imidazole rings is 1. The number of aliphatic hydroxyl groups excluding tert-OH is 2. The Labute approximate surface area is 300 Å². The first-order chi connectivity index (χ1) is 25.3. The second kappa shape index (κ2) is 14.1. The molecule has 0 saturated carbocycles. The maximum atomic E-state index is 13.8. The molecule has 3 aliphatic rings. The van der Waals surface area contributed by atoms with Crippen molar-refractivity contribution >= 4 is 42.7 Å². The normalized spacial score (nSPS) is 25.0. The predicted octanol–water partition coefficient (Wildman–Crippen LogP) is 2.01. The van der Waals surface area contributed by atoms with E-state index in [0.717, 1.165) is 38.0 Å². The van der Waals surface area contributed by atoms with Crippen LogP contribution in [0.4, 0.5) is 10.7 Å². The Bertz CT molecular complexity index is 2140. The van der Waals surface area contributed by atoms with Crippen molar-refractivity contribution < 1.29 is 53.2 Å². The molecule has 53 heavy (non-hydrogen) atoms. The van der Waals surface area contributed by atoms with E-state index >= 15 is 0 Å². The van der Waals surface area contributed by atoms with Gasteiger partial charge in [-0.25, -0.2) is 14.6 Å². The number of aliphatic hydroxyl groups is 2. The molecule has 19 heteroatoms. The van der Waals surface area contributed by atoms with E-state index in [-0.39, 0.29) is 29.6 Å². The molecule has 2 amide bonds. The predicted molar refractivity (Wildman–Crippen MR) is 185 cm³/mol. The largest absolute Gasteiger partial charge is 0.480 e. The monoisotopic (exact) mass is 752 g/mol. The zero-order chi connectivity index (χ0) is 37.8. The third kappa shape index (κ3) is 6.62. The molecular formula is C34H37N6O12P. The average molecular weight is 753 g/mol.